The predicted molar refractivity (Wildman–Crippen MR) is 71.7 cm³/mol. The molecule has 1 fully saturated rings. The van der Waals surface area contributed by atoms with Crippen molar-refractivity contribution in [2.75, 3.05) is 0 Å². The number of hydrogen-bond acceptors (Lipinski definition) is 2. The smallest absolute Gasteiger partial charge is 0.0334 e. The average Bonchev–Trinajstić information content (AvgIpc) is 2.63. The van der Waals surface area contributed by atoms with Crippen LogP contribution in [0, 0.1) is 18.3 Å². The van der Waals surface area contributed by atoms with Gasteiger partial charge in [0.25, 0.3) is 0 Å². The molecule has 2 N–H and O–H groups in total. The van der Waals surface area contributed by atoms with E-state index in [9.17, 15) is 0 Å². The zero-order valence-electron chi connectivity index (χ0n) is 10.6. The number of hydrogen-bond donors (Lipinski definition) is 1. The number of thiophene rings is 1. The summed E-state index contributed by atoms with van der Waals surface area (Å²) in [6.45, 7) is 6.95. The van der Waals surface area contributed by atoms with Crippen LogP contribution >= 0.6 is 11.3 Å². The van der Waals surface area contributed by atoms with Crippen molar-refractivity contribution in [1.29, 1.82) is 0 Å². The van der Waals surface area contributed by atoms with E-state index < -0.39 is 0 Å². The SMILES string of the molecule is Cc1sccc1C(N)C1CCC(C)(C)CC1. The maximum Gasteiger partial charge on any atom is 0.0334 e. The standard InChI is InChI=1S/C14H23NS/c1-10-12(6-9-16-10)13(15)11-4-7-14(2,3)8-5-11/h6,9,11,13H,4-5,7-8,15H2,1-3H3. The first-order valence-corrected chi connectivity index (χ1v) is 7.17. The molecule has 90 valence electrons. The van der Waals surface area contributed by atoms with Crippen molar-refractivity contribution in [3.8, 4) is 0 Å². The molecule has 0 aliphatic heterocycles. The predicted octanol–water partition coefficient (Wildman–Crippen LogP) is 4.27. The van der Waals surface area contributed by atoms with E-state index >= 15 is 0 Å². The average molecular weight is 237 g/mol. The highest BCUT2D eigenvalue weighted by Crippen LogP contribution is 2.42. The minimum absolute atomic E-state index is 0.266. The fraction of sp³-hybridized carbons (Fsp3) is 0.714. The third-order valence-electron chi connectivity index (χ3n) is 4.15. The fourth-order valence-electron chi connectivity index (χ4n) is 2.78. The molecule has 1 saturated carbocycles. The van der Waals surface area contributed by atoms with E-state index in [4.69, 9.17) is 5.73 Å². The van der Waals surface area contributed by atoms with Gasteiger partial charge in [0.15, 0.2) is 0 Å². The van der Waals surface area contributed by atoms with Gasteiger partial charge in [-0.05, 0) is 60.9 Å². The third kappa shape index (κ3) is 2.49. The van der Waals surface area contributed by atoms with Crippen molar-refractivity contribution in [2.24, 2.45) is 17.1 Å². The van der Waals surface area contributed by atoms with Gasteiger partial charge in [-0.15, -0.1) is 11.3 Å². The molecule has 0 radical (unpaired) electrons. The summed E-state index contributed by atoms with van der Waals surface area (Å²) in [6, 6.07) is 2.48. The minimum Gasteiger partial charge on any atom is -0.324 e. The number of nitrogens with two attached hydrogens (primary N) is 1. The summed E-state index contributed by atoms with van der Waals surface area (Å²) in [5.41, 5.74) is 8.34. The summed E-state index contributed by atoms with van der Waals surface area (Å²) >= 11 is 1.82. The molecule has 1 unspecified atom stereocenters. The van der Waals surface area contributed by atoms with Crippen LogP contribution in [0.5, 0.6) is 0 Å². The highest BCUT2D eigenvalue weighted by Gasteiger charge is 2.30. The summed E-state index contributed by atoms with van der Waals surface area (Å²) < 4.78 is 0. The normalized spacial score (nSPS) is 23.2. The summed E-state index contributed by atoms with van der Waals surface area (Å²) in [6.07, 6.45) is 5.25. The first-order chi connectivity index (χ1) is 7.49. The maximum absolute atomic E-state index is 6.41. The van der Waals surface area contributed by atoms with Crippen LogP contribution in [0.3, 0.4) is 0 Å². The van der Waals surface area contributed by atoms with E-state index in [1.165, 1.54) is 36.1 Å². The Morgan fingerprint density at radius 3 is 2.50 bits per heavy atom. The molecular formula is C14H23NS. The molecule has 0 saturated heterocycles. The molecule has 1 aliphatic carbocycles. The Bertz CT molecular complexity index is 343. The van der Waals surface area contributed by atoms with Gasteiger partial charge in [-0.1, -0.05) is 13.8 Å². The van der Waals surface area contributed by atoms with E-state index in [0.717, 1.165) is 0 Å². The molecule has 1 aromatic heterocycles. The Morgan fingerprint density at radius 1 is 1.38 bits per heavy atom. The molecule has 2 rings (SSSR count). The second kappa shape index (κ2) is 4.50. The highest BCUT2D eigenvalue weighted by molar-refractivity contribution is 7.10. The molecule has 0 bridgehead atoms. The lowest BCUT2D eigenvalue weighted by Gasteiger charge is -2.37. The van der Waals surface area contributed by atoms with Crippen molar-refractivity contribution in [2.45, 2.75) is 52.5 Å². The largest absolute Gasteiger partial charge is 0.324 e. The van der Waals surface area contributed by atoms with Crippen LogP contribution < -0.4 is 5.73 Å². The molecule has 0 spiro atoms. The number of aryl methyl sites for hydroxylation is 1. The molecule has 1 atom stereocenters. The van der Waals surface area contributed by atoms with Crippen molar-refractivity contribution >= 4 is 11.3 Å². The lowest BCUT2D eigenvalue weighted by molar-refractivity contribution is 0.173. The van der Waals surface area contributed by atoms with E-state index in [1.807, 2.05) is 11.3 Å². The number of rotatable bonds is 2. The van der Waals surface area contributed by atoms with Gasteiger partial charge in [0, 0.05) is 10.9 Å². The second-order valence-corrected chi connectivity index (χ2v) is 7.08. The van der Waals surface area contributed by atoms with Gasteiger partial charge in [-0.2, -0.15) is 0 Å². The van der Waals surface area contributed by atoms with Gasteiger partial charge in [0.05, 0.1) is 0 Å². The summed E-state index contributed by atoms with van der Waals surface area (Å²) in [5.74, 6) is 0.696. The van der Waals surface area contributed by atoms with Gasteiger partial charge >= 0.3 is 0 Å². The Morgan fingerprint density at radius 2 is 2.00 bits per heavy atom. The van der Waals surface area contributed by atoms with Crippen LogP contribution in [0.25, 0.3) is 0 Å². The van der Waals surface area contributed by atoms with Gasteiger partial charge in [0.2, 0.25) is 0 Å². The summed E-state index contributed by atoms with van der Waals surface area (Å²) in [5, 5.41) is 2.16. The second-order valence-electron chi connectivity index (χ2n) is 5.96. The fourth-order valence-corrected chi connectivity index (χ4v) is 3.53. The molecule has 0 aromatic carbocycles. The Kier molecular flexibility index (Phi) is 3.41. The van der Waals surface area contributed by atoms with Crippen LogP contribution in [-0.4, -0.2) is 0 Å². The zero-order chi connectivity index (χ0) is 11.8. The van der Waals surface area contributed by atoms with Gasteiger partial charge in [-0.3, -0.25) is 0 Å². The van der Waals surface area contributed by atoms with Crippen molar-refractivity contribution in [3.63, 3.8) is 0 Å². The topological polar surface area (TPSA) is 26.0 Å². The molecule has 0 amide bonds. The maximum atomic E-state index is 6.41. The molecule has 16 heavy (non-hydrogen) atoms. The van der Waals surface area contributed by atoms with Gasteiger partial charge in [-0.25, -0.2) is 0 Å². The van der Waals surface area contributed by atoms with Crippen molar-refractivity contribution < 1.29 is 0 Å². The molecular weight excluding hydrogens is 214 g/mol. The molecule has 1 heterocycles. The van der Waals surface area contributed by atoms with Gasteiger partial charge in [0.1, 0.15) is 0 Å². The molecule has 1 aliphatic rings. The van der Waals surface area contributed by atoms with Gasteiger partial charge < -0.3 is 5.73 Å². The summed E-state index contributed by atoms with van der Waals surface area (Å²) in [7, 11) is 0. The first kappa shape index (κ1) is 12.1. The summed E-state index contributed by atoms with van der Waals surface area (Å²) in [4.78, 5) is 1.40. The van der Waals surface area contributed by atoms with Crippen LogP contribution in [0.4, 0.5) is 0 Å². The monoisotopic (exact) mass is 237 g/mol. The molecule has 1 aromatic rings. The molecule has 2 heteroatoms. The Hall–Kier alpha value is -0.340. The highest BCUT2D eigenvalue weighted by atomic mass is 32.1. The Labute approximate surface area is 103 Å². The van der Waals surface area contributed by atoms with Crippen molar-refractivity contribution in [1.82, 2.24) is 0 Å². The lowest BCUT2D eigenvalue weighted by atomic mass is 9.70. The first-order valence-electron chi connectivity index (χ1n) is 6.29. The van der Waals surface area contributed by atoms with E-state index in [0.29, 0.717) is 11.3 Å². The van der Waals surface area contributed by atoms with E-state index in [1.54, 1.807) is 0 Å². The van der Waals surface area contributed by atoms with Crippen molar-refractivity contribution in [3.05, 3.63) is 21.9 Å². The lowest BCUT2D eigenvalue weighted by Crippen LogP contribution is -2.29. The molecule has 1 nitrogen and oxygen atoms in total. The Balaban J connectivity index is 2.02. The minimum atomic E-state index is 0.266. The van der Waals surface area contributed by atoms with E-state index in [2.05, 4.69) is 32.2 Å². The van der Waals surface area contributed by atoms with Crippen LogP contribution in [0.15, 0.2) is 11.4 Å². The van der Waals surface area contributed by atoms with Crippen LogP contribution in [0.2, 0.25) is 0 Å². The quantitative estimate of drug-likeness (QED) is 0.816. The van der Waals surface area contributed by atoms with E-state index in [-0.39, 0.29) is 6.04 Å². The third-order valence-corrected chi connectivity index (χ3v) is 5.01. The van der Waals surface area contributed by atoms with Crippen LogP contribution in [0.1, 0.15) is 56.0 Å². The zero-order valence-corrected chi connectivity index (χ0v) is 11.4. The van der Waals surface area contributed by atoms with Crippen LogP contribution in [-0.2, 0) is 0 Å².